The molecule has 2 aliphatic rings. The van der Waals surface area contributed by atoms with Crippen molar-refractivity contribution in [3.63, 3.8) is 0 Å². The fraction of sp³-hybridized carbons (Fsp3) is 0.933. The van der Waals surface area contributed by atoms with Gasteiger partial charge in [0.05, 0.1) is 5.92 Å². The van der Waals surface area contributed by atoms with Gasteiger partial charge >= 0.3 is 0 Å². The van der Waals surface area contributed by atoms with Gasteiger partial charge in [0, 0.05) is 26.2 Å². The molecule has 0 bridgehead atoms. The third-order valence-corrected chi connectivity index (χ3v) is 4.33. The lowest BCUT2D eigenvalue weighted by atomic mass is 9.92. The number of amides is 1. The van der Waals surface area contributed by atoms with E-state index >= 15 is 0 Å². The highest BCUT2D eigenvalue weighted by Crippen LogP contribution is 2.20. The van der Waals surface area contributed by atoms with E-state index in [1.807, 2.05) is 0 Å². The topological polar surface area (TPSA) is 44.4 Å². The number of likely N-dealkylation sites (tertiary alicyclic amines) is 1. The molecule has 4 nitrogen and oxygen atoms in total. The molecule has 2 heterocycles. The van der Waals surface area contributed by atoms with Gasteiger partial charge in [0.25, 0.3) is 0 Å². The molecule has 0 aromatic carbocycles. The van der Waals surface area contributed by atoms with Gasteiger partial charge in [0.2, 0.25) is 5.91 Å². The van der Waals surface area contributed by atoms with E-state index in [1.54, 1.807) is 0 Å². The van der Waals surface area contributed by atoms with Gasteiger partial charge < -0.3 is 15.5 Å². The van der Waals surface area contributed by atoms with Crippen molar-refractivity contribution in [1.29, 1.82) is 0 Å². The highest BCUT2D eigenvalue weighted by atomic mass is 16.1. The minimum absolute atomic E-state index is 0.204. The molecule has 0 radical (unpaired) electrons. The van der Waals surface area contributed by atoms with Gasteiger partial charge in [-0.05, 0) is 44.2 Å². The van der Waals surface area contributed by atoms with Crippen molar-refractivity contribution >= 4 is 5.91 Å². The van der Waals surface area contributed by atoms with Gasteiger partial charge in [-0.25, -0.2) is 0 Å². The van der Waals surface area contributed by atoms with E-state index in [4.69, 9.17) is 0 Å². The molecule has 2 fully saturated rings. The molecule has 2 saturated heterocycles. The van der Waals surface area contributed by atoms with Gasteiger partial charge in [-0.2, -0.15) is 0 Å². The van der Waals surface area contributed by atoms with Crippen LogP contribution in [0.25, 0.3) is 0 Å². The van der Waals surface area contributed by atoms with E-state index in [0.29, 0.717) is 0 Å². The number of hydrogen-bond acceptors (Lipinski definition) is 3. The van der Waals surface area contributed by atoms with Crippen LogP contribution in [0.15, 0.2) is 0 Å². The zero-order chi connectivity index (χ0) is 13.7. The molecule has 110 valence electrons. The maximum Gasteiger partial charge on any atom is 0.224 e. The number of carbonyl (C=O) groups excluding carboxylic acids is 1. The van der Waals surface area contributed by atoms with Crippen LogP contribution in [0.5, 0.6) is 0 Å². The van der Waals surface area contributed by atoms with Crippen LogP contribution < -0.4 is 10.6 Å². The van der Waals surface area contributed by atoms with Crippen molar-refractivity contribution in [2.24, 2.45) is 17.8 Å². The third kappa shape index (κ3) is 4.77. The highest BCUT2D eigenvalue weighted by molar-refractivity contribution is 5.79. The summed E-state index contributed by atoms with van der Waals surface area (Å²) in [7, 11) is 0. The second kappa shape index (κ2) is 7.25. The Kier molecular flexibility index (Phi) is 5.64. The molecule has 0 aliphatic carbocycles. The van der Waals surface area contributed by atoms with Crippen LogP contribution in [-0.2, 0) is 4.79 Å². The average molecular weight is 267 g/mol. The number of rotatable bonds is 5. The molecule has 0 spiro atoms. The Hall–Kier alpha value is -0.610. The first-order valence-electron chi connectivity index (χ1n) is 7.86. The predicted octanol–water partition coefficient (Wildman–Crippen LogP) is 1.08. The summed E-state index contributed by atoms with van der Waals surface area (Å²) in [6.45, 7) is 10.9. The minimum atomic E-state index is 0.204. The lowest BCUT2D eigenvalue weighted by Gasteiger charge is -2.34. The maximum absolute atomic E-state index is 11.8. The first-order valence-corrected chi connectivity index (χ1v) is 7.86. The van der Waals surface area contributed by atoms with E-state index in [0.717, 1.165) is 50.9 Å². The molecule has 0 saturated carbocycles. The number of carbonyl (C=O) groups is 1. The average Bonchev–Trinajstić information content (AvgIpc) is 2.87. The number of nitrogens with zero attached hydrogens (tertiary/aromatic N) is 1. The lowest BCUT2D eigenvalue weighted by Crippen LogP contribution is -2.40. The smallest absolute Gasteiger partial charge is 0.224 e. The molecule has 4 heteroatoms. The van der Waals surface area contributed by atoms with E-state index in [9.17, 15) is 4.79 Å². The normalized spacial score (nSPS) is 32.4. The maximum atomic E-state index is 11.8. The largest absolute Gasteiger partial charge is 0.356 e. The molecule has 2 rings (SSSR count). The second-order valence-corrected chi connectivity index (χ2v) is 6.54. The molecule has 2 aliphatic heterocycles. The lowest BCUT2D eigenvalue weighted by molar-refractivity contribution is -0.124. The minimum Gasteiger partial charge on any atom is -0.356 e. The SMILES string of the molecule is CC1CC(C)CN(CCCNC(=O)C2CCNC2)C1. The molecule has 19 heavy (non-hydrogen) atoms. The van der Waals surface area contributed by atoms with Gasteiger partial charge in [-0.3, -0.25) is 4.79 Å². The third-order valence-electron chi connectivity index (χ3n) is 4.33. The van der Waals surface area contributed by atoms with Gasteiger partial charge in [0.15, 0.2) is 0 Å². The molecule has 2 N–H and O–H groups in total. The summed E-state index contributed by atoms with van der Waals surface area (Å²) < 4.78 is 0. The second-order valence-electron chi connectivity index (χ2n) is 6.54. The summed E-state index contributed by atoms with van der Waals surface area (Å²) in [5, 5.41) is 6.32. The van der Waals surface area contributed by atoms with Crippen molar-refractivity contribution in [3.8, 4) is 0 Å². The monoisotopic (exact) mass is 267 g/mol. The van der Waals surface area contributed by atoms with Crippen LogP contribution in [0.3, 0.4) is 0 Å². The number of piperidine rings is 1. The van der Waals surface area contributed by atoms with E-state index in [2.05, 4.69) is 29.4 Å². The van der Waals surface area contributed by atoms with Crippen molar-refractivity contribution in [3.05, 3.63) is 0 Å². The first-order chi connectivity index (χ1) is 9.15. The summed E-state index contributed by atoms with van der Waals surface area (Å²) in [6, 6.07) is 0. The van der Waals surface area contributed by atoms with Crippen LogP contribution >= 0.6 is 0 Å². The summed E-state index contributed by atoms with van der Waals surface area (Å²) >= 11 is 0. The van der Waals surface area contributed by atoms with Crippen LogP contribution in [0.4, 0.5) is 0 Å². The highest BCUT2D eigenvalue weighted by Gasteiger charge is 2.23. The molecule has 3 atom stereocenters. The summed E-state index contributed by atoms with van der Waals surface area (Å²) in [5.74, 6) is 2.09. The molecular weight excluding hydrogens is 238 g/mol. The van der Waals surface area contributed by atoms with Crippen LogP contribution in [-0.4, -0.2) is 50.1 Å². The van der Waals surface area contributed by atoms with Crippen molar-refractivity contribution < 1.29 is 4.79 Å². The Bertz CT molecular complexity index is 279. The summed E-state index contributed by atoms with van der Waals surface area (Å²) in [4.78, 5) is 14.4. The van der Waals surface area contributed by atoms with E-state index in [-0.39, 0.29) is 11.8 Å². The first kappa shape index (κ1) is 14.8. The fourth-order valence-electron chi connectivity index (χ4n) is 3.51. The summed E-state index contributed by atoms with van der Waals surface area (Å²) in [6.07, 6.45) is 3.43. The number of nitrogens with one attached hydrogen (secondary N) is 2. The van der Waals surface area contributed by atoms with Crippen molar-refractivity contribution in [1.82, 2.24) is 15.5 Å². The van der Waals surface area contributed by atoms with Crippen molar-refractivity contribution in [2.45, 2.75) is 33.1 Å². The molecular formula is C15H29N3O. The summed E-state index contributed by atoms with van der Waals surface area (Å²) in [5.41, 5.74) is 0. The van der Waals surface area contributed by atoms with Gasteiger partial charge in [-0.1, -0.05) is 13.8 Å². The van der Waals surface area contributed by atoms with Gasteiger partial charge in [-0.15, -0.1) is 0 Å². The molecule has 0 aromatic heterocycles. The predicted molar refractivity (Wildman–Crippen MR) is 78.0 cm³/mol. The Labute approximate surface area is 117 Å². The zero-order valence-electron chi connectivity index (χ0n) is 12.5. The molecule has 3 unspecified atom stereocenters. The Morgan fingerprint density at radius 2 is 2.05 bits per heavy atom. The quantitative estimate of drug-likeness (QED) is 0.733. The number of hydrogen-bond donors (Lipinski definition) is 2. The van der Waals surface area contributed by atoms with E-state index in [1.165, 1.54) is 19.5 Å². The standard InChI is InChI=1S/C15H29N3O/c1-12-8-13(2)11-18(10-12)7-3-5-17-15(19)14-4-6-16-9-14/h12-14,16H,3-11H2,1-2H3,(H,17,19). The Morgan fingerprint density at radius 3 is 2.68 bits per heavy atom. The fourth-order valence-corrected chi connectivity index (χ4v) is 3.51. The van der Waals surface area contributed by atoms with Crippen LogP contribution in [0.2, 0.25) is 0 Å². The van der Waals surface area contributed by atoms with Crippen LogP contribution in [0.1, 0.15) is 33.1 Å². The van der Waals surface area contributed by atoms with E-state index < -0.39 is 0 Å². The van der Waals surface area contributed by atoms with Gasteiger partial charge in [0.1, 0.15) is 0 Å². The molecule has 1 amide bonds. The Morgan fingerprint density at radius 1 is 1.32 bits per heavy atom. The van der Waals surface area contributed by atoms with Crippen LogP contribution in [0, 0.1) is 17.8 Å². The Balaban J connectivity index is 1.57. The zero-order valence-corrected chi connectivity index (χ0v) is 12.5. The molecule has 0 aromatic rings. The van der Waals surface area contributed by atoms with Crippen molar-refractivity contribution in [2.75, 3.05) is 39.3 Å².